The fourth-order valence-corrected chi connectivity index (χ4v) is 3.06. The summed E-state index contributed by atoms with van der Waals surface area (Å²) >= 11 is 9.05. The number of rotatable bonds is 3. The van der Waals surface area contributed by atoms with Gasteiger partial charge in [0.25, 0.3) is 10.0 Å². The standard InChI is InChI=1S/C12H7BrClN3O2S/c13-9-3-4-16-12(5-9)17-20(18,19)10-2-1-8(7-15)11(14)6-10/h1-6H,(H,16,17). The van der Waals surface area contributed by atoms with Crippen LogP contribution in [-0.2, 0) is 10.0 Å². The van der Waals surface area contributed by atoms with E-state index in [1.807, 2.05) is 6.07 Å². The summed E-state index contributed by atoms with van der Waals surface area (Å²) in [5.74, 6) is 0.180. The van der Waals surface area contributed by atoms with Gasteiger partial charge in [0.05, 0.1) is 15.5 Å². The Kier molecular flexibility index (Phi) is 4.28. The number of hydrogen-bond donors (Lipinski definition) is 1. The SMILES string of the molecule is N#Cc1ccc(S(=O)(=O)Nc2cc(Br)ccn2)cc1Cl. The van der Waals surface area contributed by atoms with Crippen LogP contribution < -0.4 is 4.72 Å². The highest BCUT2D eigenvalue weighted by molar-refractivity contribution is 9.10. The Morgan fingerprint density at radius 2 is 2.05 bits per heavy atom. The number of nitrogens with zero attached hydrogens (tertiary/aromatic N) is 2. The van der Waals surface area contributed by atoms with Crippen molar-refractivity contribution < 1.29 is 8.42 Å². The summed E-state index contributed by atoms with van der Waals surface area (Å²) in [4.78, 5) is 3.86. The molecule has 0 radical (unpaired) electrons. The molecule has 0 aliphatic carbocycles. The first-order chi connectivity index (χ1) is 9.42. The summed E-state index contributed by atoms with van der Waals surface area (Å²) in [6, 6.07) is 8.96. The van der Waals surface area contributed by atoms with E-state index in [0.29, 0.717) is 4.47 Å². The largest absolute Gasteiger partial charge is 0.263 e. The Labute approximate surface area is 129 Å². The first-order valence-electron chi connectivity index (χ1n) is 5.26. The molecule has 2 aromatic rings. The Hall–Kier alpha value is -1.62. The van der Waals surface area contributed by atoms with Gasteiger partial charge in [-0.2, -0.15) is 5.26 Å². The van der Waals surface area contributed by atoms with Gasteiger partial charge < -0.3 is 0 Å². The Morgan fingerprint density at radius 3 is 2.65 bits per heavy atom. The van der Waals surface area contributed by atoms with Crippen LogP contribution in [0.4, 0.5) is 5.82 Å². The van der Waals surface area contributed by atoms with Crippen molar-refractivity contribution in [2.24, 2.45) is 0 Å². The van der Waals surface area contributed by atoms with Crippen LogP contribution in [0.3, 0.4) is 0 Å². The molecule has 0 unspecified atom stereocenters. The molecule has 0 saturated carbocycles. The zero-order valence-corrected chi connectivity index (χ0v) is 13.0. The predicted octanol–water partition coefficient (Wildman–Crippen LogP) is 3.17. The second-order valence-corrected chi connectivity index (χ2v) is 6.72. The van der Waals surface area contributed by atoms with E-state index in [2.05, 4.69) is 25.6 Å². The average Bonchev–Trinajstić information content (AvgIpc) is 2.38. The third-order valence-corrected chi connectivity index (χ3v) is 4.49. The van der Waals surface area contributed by atoms with Crippen LogP contribution >= 0.6 is 27.5 Å². The maximum Gasteiger partial charge on any atom is 0.263 e. The molecule has 0 aliphatic rings. The minimum absolute atomic E-state index is 0.0386. The highest BCUT2D eigenvalue weighted by Gasteiger charge is 2.16. The van der Waals surface area contributed by atoms with Gasteiger partial charge in [-0.15, -0.1) is 0 Å². The average molecular weight is 373 g/mol. The molecule has 5 nitrogen and oxygen atoms in total. The topological polar surface area (TPSA) is 82.8 Å². The molecule has 20 heavy (non-hydrogen) atoms. The van der Waals surface area contributed by atoms with Gasteiger partial charge >= 0.3 is 0 Å². The van der Waals surface area contributed by atoms with E-state index in [9.17, 15) is 8.42 Å². The number of aromatic nitrogens is 1. The van der Waals surface area contributed by atoms with Crippen molar-refractivity contribution >= 4 is 43.4 Å². The third kappa shape index (κ3) is 3.28. The zero-order valence-electron chi connectivity index (χ0n) is 9.84. The van der Waals surface area contributed by atoms with E-state index in [-0.39, 0.29) is 21.3 Å². The summed E-state index contributed by atoms with van der Waals surface area (Å²) in [7, 11) is -3.80. The van der Waals surface area contributed by atoms with Crippen molar-refractivity contribution in [1.29, 1.82) is 5.26 Å². The summed E-state index contributed by atoms with van der Waals surface area (Å²) in [6.45, 7) is 0. The molecule has 1 aromatic heterocycles. The molecule has 0 atom stereocenters. The number of hydrogen-bond acceptors (Lipinski definition) is 4. The minimum Gasteiger partial charge on any atom is -0.263 e. The van der Waals surface area contributed by atoms with Gasteiger partial charge in [0.1, 0.15) is 11.9 Å². The van der Waals surface area contributed by atoms with Crippen LogP contribution in [-0.4, -0.2) is 13.4 Å². The smallest absolute Gasteiger partial charge is 0.263 e. The summed E-state index contributed by atoms with van der Waals surface area (Å²) in [6.07, 6.45) is 1.47. The number of halogens is 2. The number of nitrogens with one attached hydrogen (secondary N) is 1. The molecule has 102 valence electrons. The van der Waals surface area contributed by atoms with Gasteiger partial charge in [-0.3, -0.25) is 4.72 Å². The van der Waals surface area contributed by atoms with Gasteiger partial charge in [-0.25, -0.2) is 13.4 Å². The van der Waals surface area contributed by atoms with Crippen molar-refractivity contribution in [2.45, 2.75) is 4.90 Å². The normalized spacial score (nSPS) is 10.8. The number of anilines is 1. The minimum atomic E-state index is -3.80. The van der Waals surface area contributed by atoms with E-state index in [4.69, 9.17) is 16.9 Å². The predicted molar refractivity (Wildman–Crippen MR) is 78.9 cm³/mol. The molecule has 8 heteroatoms. The number of benzene rings is 1. The van der Waals surface area contributed by atoms with Gasteiger partial charge in [0, 0.05) is 10.7 Å². The van der Waals surface area contributed by atoms with Crippen LogP contribution in [0.25, 0.3) is 0 Å². The van der Waals surface area contributed by atoms with Crippen LogP contribution in [0.15, 0.2) is 45.9 Å². The van der Waals surface area contributed by atoms with E-state index in [0.717, 1.165) is 0 Å². The van der Waals surface area contributed by atoms with Gasteiger partial charge in [0.2, 0.25) is 0 Å². The lowest BCUT2D eigenvalue weighted by atomic mass is 10.2. The molecule has 0 saturated heterocycles. The first-order valence-corrected chi connectivity index (χ1v) is 7.92. The first kappa shape index (κ1) is 14.8. The van der Waals surface area contributed by atoms with Gasteiger partial charge in [0.15, 0.2) is 0 Å². The van der Waals surface area contributed by atoms with Crippen LogP contribution in [0.1, 0.15) is 5.56 Å². The zero-order chi connectivity index (χ0) is 14.8. The van der Waals surface area contributed by atoms with Crippen molar-refractivity contribution in [2.75, 3.05) is 4.72 Å². The maximum absolute atomic E-state index is 12.2. The van der Waals surface area contributed by atoms with Gasteiger partial charge in [-0.1, -0.05) is 27.5 Å². The molecular weight excluding hydrogens is 366 g/mol. The van der Waals surface area contributed by atoms with E-state index in [1.54, 1.807) is 6.07 Å². The van der Waals surface area contributed by atoms with E-state index >= 15 is 0 Å². The lowest BCUT2D eigenvalue weighted by molar-refractivity contribution is 0.601. The molecule has 0 aliphatic heterocycles. The third-order valence-electron chi connectivity index (χ3n) is 2.33. The Morgan fingerprint density at radius 1 is 1.30 bits per heavy atom. The summed E-state index contributed by atoms with van der Waals surface area (Å²) in [5, 5.41) is 8.84. The fourth-order valence-electron chi connectivity index (χ4n) is 1.41. The highest BCUT2D eigenvalue weighted by Crippen LogP contribution is 2.22. The number of nitriles is 1. The molecule has 2 rings (SSSR count). The maximum atomic E-state index is 12.2. The van der Waals surface area contributed by atoms with Crippen LogP contribution in [0, 0.1) is 11.3 Å². The fraction of sp³-hybridized carbons (Fsp3) is 0. The quantitative estimate of drug-likeness (QED) is 0.897. The van der Waals surface area contributed by atoms with Crippen LogP contribution in [0.2, 0.25) is 5.02 Å². The lowest BCUT2D eigenvalue weighted by Crippen LogP contribution is -2.14. The van der Waals surface area contributed by atoms with E-state index in [1.165, 1.54) is 30.5 Å². The lowest BCUT2D eigenvalue weighted by Gasteiger charge is -2.08. The molecule has 1 aromatic carbocycles. The monoisotopic (exact) mass is 371 g/mol. The van der Waals surface area contributed by atoms with Crippen molar-refractivity contribution in [3.63, 3.8) is 0 Å². The molecule has 1 heterocycles. The second kappa shape index (κ2) is 5.79. The Balaban J connectivity index is 2.36. The van der Waals surface area contributed by atoms with Crippen molar-refractivity contribution in [3.05, 3.63) is 51.6 Å². The second-order valence-electron chi connectivity index (χ2n) is 3.72. The van der Waals surface area contributed by atoms with Crippen molar-refractivity contribution in [3.8, 4) is 6.07 Å². The number of pyridine rings is 1. The summed E-state index contributed by atoms with van der Waals surface area (Å²) in [5.41, 5.74) is 0.214. The Bertz CT molecular complexity index is 803. The summed E-state index contributed by atoms with van der Waals surface area (Å²) < 4.78 is 27.3. The molecule has 0 amide bonds. The molecule has 0 fully saturated rings. The number of sulfonamides is 1. The molecule has 0 bridgehead atoms. The highest BCUT2D eigenvalue weighted by atomic mass is 79.9. The molecular formula is C12H7BrClN3O2S. The van der Waals surface area contributed by atoms with E-state index < -0.39 is 10.0 Å². The van der Waals surface area contributed by atoms with Crippen LogP contribution in [0.5, 0.6) is 0 Å². The molecule has 1 N–H and O–H groups in total. The van der Waals surface area contributed by atoms with Gasteiger partial charge in [-0.05, 0) is 30.3 Å². The molecule has 0 spiro atoms. The van der Waals surface area contributed by atoms with Crippen molar-refractivity contribution in [1.82, 2.24) is 4.98 Å².